The van der Waals surface area contributed by atoms with Crippen LogP contribution < -0.4 is 5.32 Å². The minimum Gasteiger partial charge on any atom is -0.352 e. The van der Waals surface area contributed by atoms with Crippen molar-refractivity contribution in [3.05, 3.63) is 105 Å². The lowest BCUT2D eigenvalue weighted by molar-refractivity contribution is -0.139. The molecule has 3 rings (SSSR count). The van der Waals surface area contributed by atoms with E-state index in [0.29, 0.717) is 33.3 Å². The largest absolute Gasteiger partial charge is 0.352 e. The molecule has 8 heteroatoms. The highest BCUT2D eigenvalue weighted by molar-refractivity contribution is 7.99. The van der Waals surface area contributed by atoms with Gasteiger partial charge < -0.3 is 10.2 Å². The lowest BCUT2D eigenvalue weighted by Gasteiger charge is -2.32. The molecule has 0 bridgehead atoms. The zero-order chi connectivity index (χ0) is 26.1. The summed E-state index contributed by atoms with van der Waals surface area (Å²) in [5.41, 5.74) is 2.02. The number of halogens is 3. The van der Waals surface area contributed by atoms with E-state index in [0.717, 1.165) is 5.56 Å². The highest BCUT2D eigenvalue weighted by Gasteiger charge is 2.31. The normalized spacial score (nSPS) is 11.8. The van der Waals surface area contributed by atoms with Crippen LogP contribution in [-0.4, -0.2) is 34.6 Å². The third-order valence-corrected chi connectivity index (χ3v) is 7.21. The quantitative estimate of drug-likeness (QED) is 0.297. The van der Waals surface area contributed by atoms with Crippen LogP contribution in [0.4, 0.5) is 4.39 Å². The van der Waals surface area contributed by atoms with Gasteiger partial charge in [-0.25, -0.2) is 4.39 Å². The fourth-order valence-corrected chi connectivity index (χ4v) is 5.15. The number of thioether (sulfide) groups is 1. The molecule has 0 aliphatic carbocycles. The van der Waals surface area contributed by atoms with Gasteiger partial charge in [0, 0.05) is 40.4 Å². The molecule has 0 saturated carbocycles. The molecule has 0 unspecified atom stereocenters. The first-order valence-corrected chi connectivity index (χ1v) is 13.5. The van der Waals surface area contributed by atoms with Crippen LogP contribution in [0.15, 0.2) is 72.8 Å². The van der Waals surface area contributed by atoms with E-state index in [1.165, 1.54) is 22.7 Å². The number of benzene rings is 3. The molecule has 0 radical (unpaired) electrons. The van der Waals surface area contributed by atoms with Crippen LogP contribution in [0.1, 0.15) is 30.5 Å². The van der Waals surface area contributed by atoms with Crippen molar-refractivity contribution < 1.29 is 14.0 Å². The third-order valence-electron chi connectivity index (χ3n) is 5.53. The van der Waals surface area contributed by atoms with Crippen molar-refractivity contribution in [3.8, 4) is 0 Å². The monoisotopic (exact) mass is 546 g/mol. The molecule has 0 aliphatic heterocycles. The van der Waals surface area contributed by atoms with Gasteiger partial charge >= 0.3 is 0 Å². The van der Waals surface area contributed by atoms with E-state index in [2.05, 4.69) is 5.32 Å². The summed E-state index contributed by atoms with van der Waals surface area (Å²) in [6.45, 7) is 3.82. The average Bonchev–Trinajstić information content (AvgIpc) is 2.84. The maximum absolute atomic E-state index is 14.1. The molecule has 0 saturated heterocycles. The van der Waals surface area contributed by atoms with E-state index in [9.17, 15) is 14.0 Å². The van der Waals surface area contributed by atoms with Crippen LogP contribution in [0.5, 0.6) is 0 Å². The Labute approximate surface area is 226 Å². The van der Waals surface area contributed by atoms with Crippen LogP contribution in [0, 0.1) is 5.82 Å². The van der Waals surface area contributed by atoms with Gasteiger partial charge in [-0.3, -0.25) is 9.59 Å². The van der Waals surface area contributed by atoms with Gasteiger partial charge in [0.15, 0.2) is 0 Å². The van der Waals surface area contributed by atoms with E-state index >= 15 is 0 Å². The van der Waals surface area contributed by atoms with Crippen molar-refractivity contribution in [2.75, 3.05) is 5.75 Å². The molecule has 0 aliphatic rings. The second-order valence-electron chi connectivity index (χ2n) is 8.67. The number of hydrogen-bond acceptors (Lipinski definition) is 3. The minimum absolute atomic E-state index is 0.0661. The van der Waals surface area contributed by atoms with E-state index in [1.807, 2.05) is 44.2 Å². The average molecular weight is 548 g/mol. The molecule has 2 amide bonds. The summed E-state index contributed by atoms with van der Waals surface area (Å²) in [7, 11) is 0. The lowest BCUT2D eigenvalue weighted by Crippen LogP contribution is -2.52. The van der Waals surface area contributed by atoms with Gasteiger partial charge in [0.2, 0.25) is 11.8 Å². The van der Waals surface area contributed by atoms with Crippen molar-refractivity contribution in [1.82, 2.24) is 10.2 Å². The molecule has 0 heterocycles. The Morgan fingerprint density at radius 3 is 2.22 bits per heavy atom. The van der Waals surface area contributed by atoms with Gasteiger partial charge in [-0.05, 0) is 43.2 Å². The summed E-state index contributed by atoms with van der Waals surface area (Å²) in [5.74, 6) is -0.427. The van der Waals surface area contributed by atoms with Gasteiger partial charge in [0.05, 0.1) is 5.75 Å². The van der Waals surface area contributed by atoms with Gasteiger partial charge in [0.1, 0.15) is 11.9 Å². The Balaban J connectivity index is 1.90. The summed E-state index contributed by atoms with van der Waals surface area (Å²) < 4.78 is 14.1. The molecule has 1 N–H and O–H groups in total. The lowest BCUT2D eigenvalue weighted by atomic mass is 10.0. The smallest absolute Gasteiger partial charge is 0.243 e. The molecule has 0 spiro atoms. The van der Waals surface area contributed by atoms with Gasteiger partial charge in [-0.2, -0.15) is 0 Å². The molecule has 36 heavy (non-hydrogen) atoms. The Bertz CT molecular complexity index is 1160. The molecule has 190 valence electrons. The molecule has 1 atom stereocenters. The summed E-state index contributed by atoms with van der Waals surface area (Å²) in [6.07, 6.45) is 0.325. The van der Waals surface area contributed by atoms with Crippen LogP contribution in [0.2, 0.25) is 10.0 Å². The first kappa shape index (κ1) is 28.0. The van der Waals surface area contributed by atoms with E-state index in [4.69, 9.17) is 23.2 Å². The first-order valence-electron chi connectivity index (χ1n) is 11.6. The molecule has 4 nitrogen and oxygen atoms in total. The molecule has 3 aromatic rings. The van der Waals surface area contributed by atoms with Gasteiger partial charge in [-0.1, -0.05) is 77.8 Å². The van der Waals surface area contributed by atoms with Crippen LogP contribution in [0.25, 0.3) is 0 Å². The third kappa shape index (κ3) is 7.99. The van der Waals surface area contributed by atoms with Crippen LogP contribution in [0.3, 0.4) is 0 Å². The number of amides is 2. The molecule has 0 fully saturated rings. The highest BCUT2D eigenvalue weighted by atomic mass is 35.5. The van der Waals surface area contributed by atoms with Crippen molar-refractivity contribution in [2.24, 2.45) is 0 Å². The second kappa shape index (κ2) is 13.7. The summed E-state index contributed by atoms with van der Waals surface area (Å²) >= 11 is 14.2. The SMILES string of the molecule is CC(C)NC(=O)[C@@H](Cc1ccccc1)N(Cc1c(Cl)cccc1Cl)C(=O)CSCc1ccccc1F. The van der Waals surface area contributed by atoms with E-state index in [-0.39, 0.29) is 36.0 Å². The topological polar surface area (TPSA) is 49.4 Å². The maximum atomic E-state index is 14.1. The van der Waals surface area contributed by atoms with E-state index < -0.39 is 6.04 Å². The van der Waals surface area contributed by atoms with Crippen molar-refractivity contribution >= 4 is 46.8 Å². The minimum atomic E-state index is -0.788. The van der Waals surface area contributed by atoms with Gasteiger partial charge in [-0.15, -0.1) is 11.8 Å². The zero-order valence-corrected chi connectivity index (χ0v) is 22.5. The maximum Gasteiger partial charge on any atom is 0.243 e. The Hall–Kier alpha value is -2.54. The molecule has 3 aromatic carbocycles. The number of nitrogens with zero attached hydrogens (tertiary/aromatic N) is 1. The summed E-state index contributed by atoms with van der Waals surface area (Å²) in [5, 5.41) is 3.78. The number of nitrogens with one attached hydrogen (secondary N) is 1. The van der Waals surface area contributed by atoms with E-state index in [1.54, 1.807) is 36.4 Å². The number of carbonyl (C=O) groups excluding carboxylic acids is 2. The second-order valence-corrected chi connectivity index (χ2v) is 10.5. The Morgan fingerprint density at radius 2 is 1.58 bits per heavy atom. The molecular weight excluding hydrogens is 518 g/mol. The first-order chi connectivity index (χ1) is 17.3. The standard InChI is InChI=1S/C28H29Cl2FN2O2S/c1-19(2)32-28(35)26(15-20-9-4-3-5-10-20)33(16-22-23(29)12-8-13-24(22)30)27(34)18-36-17-21-11-6-7-14-25(21)31/h3-14,19,26H,15-18H2,1-2H3,(H,32,35)/t26-/m1/s1. The van der Waals surface area contributed by atoms with Crippen LogP contribution >= 0.6 is 35.0 Å². The fourth-order valence-electron chi connectivity index (χ4n) is 3.74. The number of rotatable bonds is 11. The molecular formula is C28H29Cl2FN2O2S. The zero-order valence-electron chi connectivity index (χ0n) is 20.2. The predicted molar refractivity (Wildman–Crippen MR) is 147 cm³/mol. The van der Waals surface area contributed by atoms with Crippen molar-refractivity contribution in [2.45, 2.75) is 44.6 Å². The van der Waals surface area contributed by atoms with Crippen molar-refractivity contribution in [3.63, 3.8) is 0 Å². The fraction of sp³-hybridized carbons (Fsp3) is 0.286. The summed E-state index contributed by atoms with van der Waals surface area (Å²) in [4.78, 5) is 28.5. The summed E-state index contributed by atoms with van der Waals surface area (Å²) in [6, 6.07) is 20.3. The Morgan fingerprint density at radius 1 is 0.944 bits per heavy atom. The Kier molecular flexibility index (Phi) is 10.7. The predicted octanol–water partition coefficient (Wildman–Crippen LogP) is 6.53. The number of carbonyl (C=O) groups is 2. The van der Waals surface area contributed by atoms with Gasteiger partial charge in [0.25, 0.3) is 0 Å². The van der Waals surface area contributed by atoms with Crippen molar-refractivity contribution in [1.29, 1.82) is 0 Å². The number of hydrogen-bond donors (Lipinski definition) is 1. The molecule has 0 aromatic heterocycles. The van der Waals surface area contributed by atoms with Crippen LogP contribution in [-0.2, 0) is 28.3 Å². The highest BCUT2D eigenvalue weighted by Crippen LogP contribution is 2.28.